The van der Waals surface area contributed by atoms with Gasteiger partial charge in [0.1, 0.15) is 6.04 Å². The number of hydrogen-bond acceptors (Lipinski definition) is 4. The molecule has 0 aromatic heterocycles. The fourth-order valence-electron chi connectivity index (χ4n) is 0.753. The molecule has 0 aliphatic carbocycles. The van der Waals surface area contributed by atoms with Crippen LogP contribution in [-0.4, -0.2) is 35.4 Å². The molecule has 0 aliphatic heterocycles. The maximum Gasteiger partial charge on any atom is 0.320 e. The van der Waals surface area contributed by atoms with Crippen molar-refractivity contribution in [2.24, 2.45) is 5.73 Å². The maximum absolute atomic E-state index is 11.0. The van der Waals surface area contributed by atoms with Gasteiger partial charge in [0.05, 0.1) is 6.04 Å². The van der Waals surface area contributed by atoms with E-state index in [1.165, 1.54) is 6.92 Å². The molecule has 0 aliphatic rings. The van der Waals surface area contributed by atoms with Crippen molar-refractivity contribution in [3.8, 4) is 0 Å². The molecule has 0 bridgehead atoms. The summed E-state index contributed by atoms with van der Waals surface area (Å²) in [7, 11) is 0. The van der Waals surface area contributed by atoms with Crippen molar-refractivity contribution in [2.45, 2.75) is 31.8 Å². The molecule has 6 nitrogen and oxygen atoms in total. The molecule has 14 heavy (non-hydrogen) atoms. The molecule has 0 saturated heterocycles. The third kappa shape index (κ3) is 5.26. The number of carboxylic acids is 1. The molecule has 0 fully saturated rings. The van der Waals surface area contributed by atoms with Crippen LogP contribution in [0.2, 0.25) is 0 Å². The second-order valence-corrected chi connectivity index (χ2v) is 2.89. The highest BCUT2D eigenvalue weighted by Gasteiger charge is 2.14. The molecule has 1 unspecified atom stereocenters. The number of aliphatic carboxylic acids is 1. The second-order valence-electron chi connectivity index (χ2n) is 2.89. The molecule has 4 N–H and O–H groups in total. The Hall–Kier alpha value is -1.43. The molecule has 1 amide bonds. The van der Waals surface area contributed by atoms with E-state index >= 15 is 0 Å². The molecule has 0 aromatic carbocycles. The van der Waals surface area contributed by atoms with Crippen molar-refractivity contribution in [3.63, 3.8) is 0 Å². The van der Waals surface area contributed by atoms with Crippen molar-refractivity contribution in [3.05, 3.63) is 0 Å². The topological polar surface area (TPSA) is 109 Å². The predicted octanol–water partition coefficient (Wildman–Crippen LogP) is -1.21. The van der Waals surface area contributed by atoms with Gasteiger partial charge in [-0.25, -0.2) is 0 Å². The Bertz CT molecular complexity index is 229. The minimum atomic E-state index is -1.15. The lowest BCUT2D eigenvalue weighted by Gasteiger charge is -2.08. The van der Waals surface area contributed by atoms with Gasteiger partial charge < -0.3 is 16.2 Å². The molecule has 0 rings (SSSR count). The molecule has 0 saturated carbocycles. The molecule has 0 aromatic rings. The first-order valence-electron chi connectivity index (χ1n) is 4.12. The van der Waals surface area contributed by atoms with E-state index in [2.05, 4.69) is 5.32 Å². The van der Waals surface area contributed by atoms with E-state index in [-0.39, 0.29) is 12.8 Å². The Morgan fingerprint density at radius 1 is 1.57 bits per heavy atom. The first-order chi connectivity index (χ1) is 6.47. The highest BCUT2D eigenvalue weighted by molar-refractivity contribution is 5.80. The molecular formula is C8H13N2O4. The summed E-state index contributed by atoms with van der Waals surface area (Å²) in [5.74, 6) is -1.55. The number of nitrogens with two attached hydrogens (primary N) is 1. The third-order valence-electron chi connectivity index (χ3n) is 1.55. The average Bonchev–Trinajstić information content (AvgIpc) is 2.13. The number of hydrogen-bond donors (Lipinski definition) is 3. The SMILES string of the molecule is CC([C]=O)NC(=O)CC[C@H](N)C(=O)O. The lowest BCUT2D eigenvalue weighted by Crippen LogP contribution is -2.36. The number of carbonyl (C=O) groups excluding carboxylic acids is 2. The van der Waals surface area contributed by atoms with Crippen molar-refractivity contribution in [1.82, 2.24) is 5.32 Å². The van der Waals surface area contributed by atoms with Crippen LogP contribution in [0.1, 0.15) is 19.8 Å². The standard InChI is InChI=1S/C8H13N2O4/c1-5(4-11)10-7(12)3-2-6(9)8(13)14/h5-6H,2-3,9H2,1H3,(H,10,12)(H,13,14)/t5?,6-/m0/s1. The summed E-state index contributed by atoms with van der Waals surface area (Å²) >= 11 is 0. The van der Waals surface area contributed by atoms with E-state index in [0.29, 0.717) is 0 Å². The van der Waals surface area contributed by atoms with Crippen molar-refractivity contribution in [2.75, 3.05) is 0 Å². The van der Waals surface area contributed by atoms with Gasteiger partial charge in [0.2, 0.25) is 12.2 Å². The van der Waals surface area contributed by atoms with Gasteiger partial charge in [0.15, 0.2) is 0 Å². The smallest absolute Gasteiger partial charge is 0.320 e. The number of carbonyl (C=O) groups is 2. The molecule has 6 heteroatoms. The molecule has 2 atom stereocenters. The number of amides is 1. The molecule has 0 heterocycles. The lowest BCUT2D eigenvalue weighted by molar-refractivity contribution is -0.138. The first-order valence-corrected chi connectivity index (χ1v) is 4.12. The zero-order valence-corrected chi connectivity index (χ0v) is 7.82. The van der Waals surface area contributed by atoms with E-state index < -0.39 is 24.0 Å². The maximum atomic E-state index is 11.0. The summed E-state index contributed by atoms with van der Waals surface area (Å²) in [6, 6.07) is -1.72. The predicted molar refractivity (Wildman–Crippen MR) is 48.1 cm³/mol. The van der Waals surface area contributed by atoms with Gasteiger partial charge in [-0.05, 0) is 13.3 Å². The van der Waals surface area contributed by atoms with Crippen LogP contribution in [0.3, 0.4) is 0 Å². The lowest BCUT2D eigenvalue weighted by atomic mass is 10.1. The van der Waals surface area contributed by atoms with Crippen LogP contribution in [0.5, 0.6) is 0 Å². The summed E-state index contributed by atoms with van der Waals surface area (Å²) in [6.07, 6.45) is 1.61. The zero-order valence-electron chi connectivity index (χ0n) is 7.82. The minimum absolute atomic E-state index is 0.0144. The van der Waals surface area contributed by atoms with Gasteiger partial charge in [-0.2, -0.15) is 0 Å². The second kappa shape index (κ2) is 6.09. The Labute approximate surface area is 81.5 Å². The quantitative estimate of drug-likeness (QED) is 0.499. The third-order valence-corrected chi connectivity index (χ3v) is 1.55. The number of carboxylic acid groups (broad SMARTS) is 1. The van der Waals surface area contributed by atoms with E-state index in [1.54, 1.807) is 6.29 Å². The van der Waals surface area contributed by atoms with Crippen molar-refractivity contribution in [1.29, 1.82) is 0 Å². The highest BCUT2D eigenvalue weighted by Crippen LogP contribution is 1.95. The van der Waals surface area contributed by atoms with Gasteiger partial charge in [-0.15, -0.1) is 0 Å². The molecule has 0 spiro atoms. The summed E-state index contributed by atoms with van der Waals surface area (Å²) in [6.45, 7) is 1.47. The van der Waals surface area contributed by atoms with Crippen LogP contribution in [0.4, 0.5) is 0 Å². The fraction of sp³-hybridized carbons (Fsp3) is 0.625. The van der Waals surface area contributed by atoms with Crippen LogP contribution in [0.15, 0.2) is 0 Å². The minimum Gasteiger partial charge on any atom is -0.480 e. The first kappa shape index (κ1) is 12.6. The Morgan fingerprint density at radius 2 is 2.14 bits per heavy atom. The Morgan fingerprint density at radius 3 is 2.57 bits per heavy atom. The summed E-state index contributed by atoms with van der Waals surface area (Å²) < 4.78 is 0. The molecule has 79 valence electrons. The fourth-order valence-corrected chi connectivity index (χ4v) is 0.753. The summed E-state index contributed by atoms with van der Waals surface area (Å²) in [5, 5.41) is 10.7. The average molecular weight is 201 g/mol. The van der Waals surface area contributed by atoms with Gasteiger partial charge in [-0.1, -0.05) is 0 Å². The Kier molecular flexibility index (Phi) is 5.47. The molecule has 1 radical (unpaired) electrons. The molecular weight excluding hydrogens is 188 g/mol. The zero-order chi connectivity index (χ0) is 11.1. The van der Waals surface area contributed by atoms with Gasteiger partial charge in [0.25, 0.3) is 0 Å². The van der Waals surface area contributed by atoms with Crippen molar-refractivity contribution < 1.29 is 19.5 Å². The van der Waals surface area contributed by atoms with Crippen LogP contribution in [0.25, 0.3) is 0 Å². The van der Waals surface area contributed by atoms with E-state index in [0.717, 1.165) is 0 Å². The van der Waals surface area contributed by atoms with E-state index in [1.807, 2.05) is 0 Å². The van der Waals surface area contributed by atoms with E-state index in [9.17, 15) is 14.4 Å². The summed E-state index contributed by atoms with van der Waals surface area (Å²) in [5.41, 5.74) is 5.17. The van der Waals surface area contributed by atoms with Crippen LogP contribution in [-0.2, 0) is 14.4 Å². The number of rotatable bonds is 6. The highest BCUT2D eigenvalue weighted by atomic mass is 16.4. The van der Waals surface area contributed by atoms with E-state index in [4.69, 9.17) is 10.8 Å². The summed E-state index contributed by atoms with van der Waals surface area (Å²) in [4.78, 5) is 31.3. The number of nitrogens with one attached hydrogen (secondary N) is 1. The van der Waals surface area contributed by atoms with Crippen LogP contribution < -0.4 is 11.1 Å². The van der Waals surface area contributed by atoms with Gasteiger partial charge in [-0.3, -0.25) is 14.4 Å². The monoisotopic (exact) mass is 201 g/mol. The van der Waals surface area contributed by atoms with Gasteiger partial charge >= 0.3 is 5.97 Å². The largest absolute Gasteiger partial charge is 0.480 e. The van der Waals surface area contributed by atoms with Gasteiger partial charge in [0, 0.05) is 6.42 Å². The Balaban J connectivity index is 3.74. The van der Waals surface area contributed by atoms with Crippen LogP contribution >= 0.6 is 0 Å². The van der Waals surface area contributed by atoms with Crippen LogP contribution in [0, 0.1) is 0 Å². The normalized spacial score (nSPS) is 14.1. The van der Waals surface area contributed by atoms with Crippen molar-refractivity contribution >= 4 is 18.2 Å².